The van der Waals surface area contributed by atoms with Crippen molar-refractivity contribution in [2.45, 2.75) is 11.4 Å². The number of thioether (sulfide) groups is 1. The van der Waals surface area contributed by atoms with E-state index in [2.05, 4.69) is 20.3 Å². The summed E-state index contributed by atoms with van der Waals surface area (Å²) in [6.45, 7) is 0. The number of anilines is 1. The number of nitrogens with two attached hydrogens (primary N) is 1. The van der Waals surface area contributed by atoms with Crippen molar-refractivity contribution >= 4 is 75.7 Å². The third-order valence-corrected chi connectivity index (χ3v) is 6.00. The number of aromatic nitrogens is 1. The average Bonchev–Trinajstić information content (AvgIpc) is 3.02. The monoisotopic (exact) mass is 453 g/mol. The van der Waals surface area contributed by atoms with Gasteiger partial charge in [0.15, 0.2) is 10.8 Å². The number of aliphatic carboxylic acids is 1. The number of hydrogen-bond acceptors (Lipinski definition) is 9. The number of carboxylic acids is 1. The lowest BCUT2D eigenvalue weighted by Gasteiger charge is -2.48. The minimum Gasteiger partial charge on any atom is -0.477 e. The van der Waals surface area contributed by atoms with Gasteiger partial charge in [-0.15, -0.1) is 35.5 Å². The molecule has 1 aromatic heterocycles. The van der Waals surface area contributed by atoms with Crippen LogP contribution in [-0.4, -0.2) is 62.8 Å². The van der Waals surface area contributed by atoms with Crippen LogP contribution in [0.2, 0.25) is 0 Å². The van der Waals surface area contributed by atoms with Gasteiger partial charge in [-0.3, -0.25) is 14.5 Å². The number of oxime groups is 1. The van der Waals surface area contributed by atoms with Crippen LogP contribution in [0.15, 0.2) is 21.3 Å². The molecule has 0 bridgehead atoms. The predicted molar refractivity (Wildman–Crippen MR) is 103 cm³/mol. The van der Waals surface area contributed by atoms with E-state index in [1.54, 1.807) is 0 Å². The minimum atomic E-state index is -1.29. The van der Waals surface area contributed by atoms with Crippen molar-refractivity contribution in [1.29, 1.82) is 0 Å². The first-order valence-electron chi connectivity index (χ1n) is 7.05. The van der Waals surface area contributed by atoms with Crippen LogP contribution in [0, 0.1) is 0 Å². The molecule has 4 N–H and O–H groups in total. The van der Waals surface area contributed by atoms with Gasteiger partial charge in [-0.05, 0) is 0 Å². The SMILES string of the molecule is CON=C(C(=O)NC1C(=O)N2C(C(=O)O)=C(Cl)CS[C@@H]12)c1csc(N)n1.Cl. The second-order valence-corrected chi connectivity index (χ2v) is 7.56. The van der Waals surface area contributed by atoms with E-state index < -0.39 is 29.2 Å². The van der Waals surface area contributed by atoms with E-state index >= 15 is 0 Å². The Morgan fingerprint density at radius 3 is 2.81 bits per heavy atom. The lowest BCUT2D eigenvalue weighted by molar-refractivity contribution is -0.150. The standard InChI is InChI=1S/C13H12ClN5O5S2.ClH/c1-24-18-6(5-3-26-13(15)16-5)9(20)17-7-10(21)19-8(12(22)23)4(14)2-25-11(7)19;/h3,7,11H,2H2,1H3,(H2,15,16)(H,17,20)(H,22,23);1H/t7?,11-;/m0./s1. The smallest absolute Gasteiger partial charge is 0.353 e. The normalized spacial score (nSPS) is 21.8. The van der Waals surface area contributed by atoms with Crippen molar-refractivity contribution in [2.24, 2.45) is 5.16 Å². The fourth-order valence-corrected chi connectivity index (χ4v) is 4.58. The van der Waals surface area contributed by atoms with Gasteiger partial charge in [0.05, 0.1) is 5.03 Å². The summed E-state index contributed by atoms with van der Waals surface area (Å²) in [6, 6.07) is -0.912. The molecule has 0 spiro atoms. The molecule has 2 aliphatic rings. The summed E-state index contributed by atoms with van der Waals surface area (Å²) in [5, 5.41) is 16.7. The highest BCUT2D eigenvalue weighted by Gasteiger charge is 2.54. The quantitative estimate of drug-likeness (QED) is 0.330. The molecular formula is C13H13Cl2N5O5S2. The molecule has 1 unspecified atom stereocenters. The Bertz CT molecular complexity index is 858. The van der Waals surface area contributed by atoms with Gasteiger partial charge in [0.25, 0.3) is 11.8 Å². The van der Waals surface area contributed by atoms with Crippen molar-refractivity contribution < 1.29 is 24.3 Å². The molecule has 0 saturated carbocycles. The number of carbonyl (C=O) groups is 3. The highest BCUT2D eigenvalue weighted by molar-refractivity contribution is 8.00. The summed E-state index contributed by atoms with van der Waals surface area (Å²) in [5.41, 5.74) is 5.37. The van der Waals surface area contributed by atoms with Gasteiger partial charge in [-0.1, -0.05) is 16.8 Å². The molecule has 146 valence electrons. The van der Waals surface area contributed by atoms with E-state index in [0.29, 0.717) is 0 Å². The van der Waals surface area contributed by atoms with Crippen LogP contribution >= 0.6 is 47.1 Å². The molecule has 1 saturated heterocycles. The first-order valence-corrected chi connectivity index (χ1v) is 9.35. The number of thiazole rings is 1. The number of halogens is 2. The molecule has 0 aliphatic carbocycles. The van der Waals surface area contributed by atoms with Crippen LogP contribution in [0.4, 0.5) is 5.13 Å². The second-order valence-electron chi connectivity index (χ2n) is 5.11. The molecular weight excluding hydrogens is 441 g/mol. The summed E-state index contributed by atoms with van der Waals surface area (Å²) in [4.78, 5) is 45.9. The molecule has 14 heteroatoms. The maximum Gasteiger partial charge on any atom is 0.353 e. The Morgan fingerprint density at radius 1 is 1.56 bits per heavy atom. The molecule has 0 radical (unpaired) electrons. The van der Waals surface area contributed by atoms with Crippen molar-refractivity contribution in [3.05, 3.63) is 21.8 Å². The molecule has 3 heterocycles. The number of rotatable bonds is 5. The zero-order valence-corrected chi connectivity index (χ0v) is 16.7. The van der Waals surface area contributed by atoms with E-state index in [0.717, 1.165) is 16.2 Å². The van der Waals surface area contributed by atoms with Gasteiger partial charge in [0.1, 0.15) is 29.9 Å². The van der Waals surface area contributed by atoms with Crippen molar-refractivity contribution in [3.63, 3.8) is 0 Å². The summed E-state index contributed by atoms with van der Waals surface area (Å²) in [6.07, 6.45) is 0. The Hall–Kier alpha value is -2.02. The highest BCUT2D eigenvalue weighted by atomic mass is 35.5. The van der Waals surface area contributed by atoms with Gasteiger partial charge < -0.3 is 21.0 Å². The summed E-state index contributed by atoms with van der Waals surface area (Å²) in [7, 11) is 1.27. The number of β-lactam (4-membered cyclic amide) rings is 1. The molecule has 2 amide bonds. The zero-order valence-electron chi connectivity index (χ0n) is 13.5. The van der Waals surface area contributed by atoms with Crippen molar-refractivity contribution in [2.75, 3.05) is 18.6 Å². The van der Waals surface area contributed by atoms with Crippen LogP contribution in [0.3, 0.4) is 0 Å². The average molecular weight is 454 g/mol. The predicted octanol–water partition coefficient (Wildman–Crippen LogP) is 0.433. The van der Waals surface area contributed by atoms with Crippen LogP contribution in [0.5, 0.6) is 0 Å². The number of nitrogens with one attached hydrogen (secondary N) is 1. The number of amides is 2. The van der Waals surface area contributed by atoms with E-state index in [-0.39, 0.29) is 45.4 Å². The maximum absolute atomic E-state index is 12.5. The topological polar surface area (TPSA) is 147 Å². The van der Waals surface area contributed by atoms with Gasteiger partial charge in [-0.2, -0.15) is 0 Å². The fourth-order valence-electron chi connectivity index (χ4n) is 2.48. The lowest BCUT2D eigenvalue weighted by Crippen LogP contribution is -2.71. The van der Waals surface area contributed by atoms with Gasteiger partial charge >= 0.3 is 5.97 Å². The number of fused-ring (bicyclic) bond motifs is 1. The fraction of sp³-hybridized carbons (Fsp3) is 0.308. The number of carboxylic acid groups (broad SMARTS) is 1. The summed E-state index contributed by atoms with van der Waals surface area (Å²) >= 11 is 8.28. The van der Waals surface area contributed by atoms with E-state index in [9.17, 15) is 19.5 Å². The Morgan fingerprint density at radius 2 is 2.26 bits per heavy atom. The molecule has 27 heavy (non-hydrogen) atoms. The van der Waals surface area contributed by atoms with Gasteiger partial charge in [0, 0.05) is 11.1 Å². The Kier molecular flexibility index (Phi) is 6.57. The maximum atomic E-state index is 12.5. The third-order valence-electron chi connectivity index (χ3n) is 3.57. The zero-order chi connectivity index (χ0) is 19.0. The van der Waals surface area contributed by atoms with Crippen LogP contribution < -0.4 is 11.1 Å². The second kappa shape index (κ2) is 8.33. The minimum absolute atomic E-state index is 0. The van der Waals surface area contributed by atoms with E-state index in [1.165, 1.54) is 24.3 Å². The van der Waals surface area contributed by atoms with Gasteiger partial charge in [-0.25, -0.2) is 9.78 Å². The van der Waals surface area contributed by atoms with E-state index in [4.69, 9.17) is 17.3 Å². The van der Waals surface area contributed by atoms with E-state index in [1.807, 2.05) is 0 Å². The molecule has 0 aromatic carbocycles. The number of nitrogens with zero attached hydrogens (tertiary/aromatic N) is 3. The Balaban J connectivity index is 0.00000261. The first kappa shape index (κ1) is 21.3. The first-order chi connectivity index (χ1) is 12.3. The number of hydrogen-bond donors (Lipinski definition) is 3. The molecule has 1 aromatic rings. The van der Waals surface area contributed by atoms with Gasteiger partial charge in [0.2, 0.25) is 0 Å². The number of carbonyl (C=O) groups excluding carboxylic acids is 2. The number of nitrogen functional groups attached to an aromatic ring is 1. The molecule has 3 rings (SSSR count). The molecule has 2 atom stereocenters. The van der Waals surface area contributed by atoms with Crippen LogP contribution in [-0.2, 0) is 19.2 Å². The molecule has 10 nitrogen and oxygen atoms in total. The largest absolute Gasteiger partial charge is 0.477 e. The van der Waals surface area contributed by atoms with Crippen LogP contribution in [0.1, 0.15) is 5.69 Å². The lowest BCUT2D eigenvalue weighted by atomic mass is 10.0. The molecule has 2 aliphatic heterocycles. The summed E-state index contributed by atoms with van der Waals surface area (Å²) in [5.74, 6) is -2.32. The van der Waals surface area contributed by atoms with Crippen LogP contribution in [0.25, 0.3) is 0 Å². The third kappa shape index (κ3) is 3.83. The highest BCUT2D eigenvalue weighted by Crippen LogP contribution is 2.41. The summed E-state index contributed by atoms with van der Waals surface area (Å²) < 4.78 is 0. The Labute approximate surface area is 172 Å². The molecule has 1 fully saturated rings. The van der Waals surface area contributed by atoms with Crippen molar-refractivity contribution in [3.8, 4) is 0 Å². The van der Waals surface area contributed by atoms with Crippen molar-refractivity contribution in [1.82, 2.24) is 15.2 Å².